The van der Waals surface area contributed by atoms with Crippen molar-refractivity contribution in [3.63, 3.8) is 0 Å². The Morgan fingerprint density at radius 3 is 3.00 bits per heavy atom. The highest BCUT2D eigenvalue weighted by Gasteiger charge is 2.11. The largest absolute Gasteiger partial charge is 0.461 e. The molecule has 0 saturated carbocycles. The van der Waals surface area contributed by atoms with Gasteiger partial charge in [-0.3, -0.25) is 0 Å². The Labute approximate surface area is 93.6 Å². The van der Waals surface area contributed by atoms with Crippen molar-refractivity contribution in [2.45, 2.75) is 6.92 Å². The van der Waals surface area contributed by atoms with Gasteiger partial charge in [-0.15, -0.1) is 0 Å². The standard InChI is InChI=1S/C12H14N2O2/c1-3-16-12(15)10-7-8-5-4-6-9(13-2)11(8)14-10/h4-7,13-14H,3H2,1-2H3. The number of fused-ring (bicyclic) bond motifs is 1. The lowest BCUT2D eigenvalue weighted by atomic mass is 10.2. The molecule has 0 saturated heterocycles. The first-order valence-corrected chi connectivity index (χ1v) is 5.23. The quantitative estimate of drug-likeness (QED) is 0.778. The molecule has 2 aromatic rings. The predicted octanol–water partition coefficient (Wildman–Crippen LogP) is 2.39. The summed E-state index contributed by atoms with van der Waals surface area (Å²) < 4.78 is 4.94. The summed E-state index contributed by atoms with van der Waals surface area (Å²) in [5.41, 5.74) is 2.38. The van der Waals surface area contributed by atoms with E-state index in [0.717, 1.165) is 16.6 Å². The van der Waals surface area contributed by atoms with E-state index in [2.05, 4.69) is 10.3 Å². The van der Waals surface area contributed by atoms with Gasteiger partial charge in [-0.25, -0.2) is 4.79 Å². The van der Waals surface area contributed by atoms with E-state index in [1.807, 2.05) is 25.2 Å². The number of nitrogens with one attached hydrogen (secondary N) is 2. The van der Waals surface area contributed by atoms with Crippen molar-refractivity contribution in [1.29, 1.82) is 0 Å². The molecule has 2 N–H and O–H groups in total. The molecule has 84 valence electrons. The summed E-state index contributed by atoms with van der Waals surface area (Å²) in [6.07, 6.45) is 0. The fourth-order valence-electron chi connectivity index (χ4n) is 1.68. The topological polar surface area (TPSA) is 54.1 Å². The van der Waals surface area contributed by atoms with Gasteiger partial charge in [-0.1, -0.05) is 12.1 Å². The van der Waals surface area contributed by atoms with Crippen LogP contribution in [-0.2, 0) is 4.74 Å². The highest BCUT2D eigenvalue weighted by atomic mass is 16.5. The lowest BCUT2D eigenvalue weighted by Gasteiger charge is -2.00. The SMILES string of the molecule is CCOC(=O)c1cc2cccc(NC)c2[nH]1. The minimum absolute atomic E-state index is 0.319. The molecule has 0 spiro atoms. The monoisotopic (exact) mass is 218 g/mol. The van der Waals surface area contributed by atoms with Crippen LogP contribution < -0.4 is 5.32 Å². The number of ether oxygens (including phenoxy) is 1. The fourth-order valence-corrected chi connectivity index (χ4v) is 1.68. The number of para-hydroxylation sites is 1. The number of H-pyrrole nitrogens is 1. The van der Waals surface area contributed by atoms with Crippen molar-refractivity contribution < 1.29 is 9.53 Å². The number of aromatic nitrogens is 1. The summed E-state index contributed by atoms with van der Waals surface area (Å²) in [7, 11) is 1.85. The van der Waals surface area contributed by atoms with Crippen LogP contribution in [0.4, 0.5) is 5.69 Å². The number of aromatic amines is 1. The van der Waals surface area contributed by atoms with Gasteiger partial charge < -0.3 is 15.0 Å². The Morgan fingerprint density at radius 2 is 2.31 bits per heavy atom. The first-order valence-electron chi connectivity index (χ1n) is 5.23. The van der Waals surface area contributed by atoms with Crippen LogP contribution in [0, 0.1) is 0 Å². The maximum Gasteiger partial charge on any atom is 0.354 e. The molecular formula is C12H14N2O2. The molecule has 1 heterocycles. The highest BCUT2D eigenvalue weighted by Crippen LogP contribution is 2.23. The van der Waals surface area contributed by atoms with Crippen molar-refractivity contribution in [2.24, 2.45) is 0 Å². The molecule has 4 nitrogen and oxygen atoms in total. The minimum atomic E-state index is -0.319. The second-order valence-corrected chi connectivity index (χ2v) is 3.42. The molecular weight excluding hydrogens is 204 g/mol. The van der Waals surface area contributed by atoms with Crippen molar-refractivity contribution >= 4 is 22.6 Å². The van der Waals surface area contributed by atoms with Crippen LogP contribution in [0.3, 0.4) is 0 Å². The Morgan fingerprint density at radius 1 is 1.50 bits per heavy atom. The second-order valence-electron chi connectivity index (χ2n) is 3.42. The van der Waals surface area contributed by atoms with Gasteiger partial charge in [0.15, 0.2) is 0 Å². The molecule has 0 aliphatic heterocycles. The van der Waals surface area contributed by atoms with Crippen LogP contribution >= 0.6 is 0 Å². The first kappa shape index (κ1) is 10.5. The maximum absolute atomic E-state index is 11.5. The van der Waals surface area contributed by atoms with Crippen molar-refractivity contribution in [2.75, 3.05) is 19.0 Å². The van der Waals surface area contributed by atoms with Gasteiger partial charge in [0.2, 0.25) is 0 Å². The molecule has 0 radical (unpaired) electrons. The van der Waals surface area contributed by atoms with Crippen molar-refractivity contribution in [3.8, 4) is 0 Å². The minimum Gasteiger partial charge on any atom is -0.461 e. The third-order valence-electron chi connectivity index (χ3n) is 2.42. The van der Waals surface area contributed by atoms with Crippen LogP contribution in [-0.4, -0.2) is 24.6 Å². The molecule has 0 aliphatic rings. The van der Waals surface area contributed by atoms with Gasteiger partial charge in [0.1, 0.15) is 5.69 Å². The molecule has 2 rings (SSSR count). The summed E-state index contributed by atoms with van der Waals surface area (Å²) >= 11 is 0. The smallest absolute Gasteiger partial charge is 0.354 e. The molecule has 0 unspecified atom stereocenters. The number of carbonyl (C=O) groups excluding carboxylic acids is 1. The number of rotatable bonds is 3. The van der Waals surface area contributed by atoms with E-state index in [9.17, 15) is 4.79 Å². The fraction of sp³-hybridized carbons (Fsp3) is 0.250. The first-order chi connectivity index (χ1) is 7.76. The summed E-state index contributed by atoms with van der Waals surface area (Å²) in [5, 5.41) is 4.07. The number of esters is 1. The van der Waals surface area contributed by atoms with E-state index >= 15 is 0 Å². The van der Waals surface area contributed by atoms with Crippen molar-refractivity contribution in [1.82, 2.24) is 4.98 Å². The Bertz CT molecular complexity index is 517. The predicted molar refractivity (Wildman–Crippen MR) is 63.8 cm³/mol. The van der Waals surface area contributed by atoms with E-state index < -0.39 is 0 Å². The number of carbonyl (C=O) groups is 1. The van der Waals surface area contributed by atoms with Gasteiger partial charge in [0, 0.05) is 12.4 Å². The highest BCUT2D eigenvalue weighted by molar-refractivity contribution is 5.99. The van der Waals surface area contributed by atoms with Gasteiger partial charge in [0.05, 0.1) is 17.8 Å². The molecule has 1 aromatic heterocycles. The Kier molecular flexibility index (Phi) is 2.81. The van der Waals surface area contributed by atoms with Crippen LogP contribution in [0.1, 0.15) is 17.4 Å². The van der Waals surface area contributed by atoms with Crippen LogP contribution in [0.5, 0.6) is 0 Å². The number of anilines is 1. The summed E-state index contributed by atoms with van der Waals surface area (Å²) in [6, 6.07) is 7.65. The molecule has 0 fully saturated rings. The summed E-state index contributed by atoms with van der Waals surface area (Å²) in [4.78, 5) is 14.6. The Hall–Kier alpha value is -1.97. The molecule has 4 heteroatoms. The van der Waals surface area contributed by atoms with E-state index in [1.54, 1.807) is 13.0 Å². The summed E-state index contributed by atoms with van der Waals surface area (Å²) in [5.74, 6) is -0.319. The lowest BCUT2D eigenvalue weighted by molar-refractivity contribution is 0.0520. The third kappa shape index (κ3) is 1.74. The van der Waals surface area contributed by atoms with Gasteiger partial charge in [-0.2, -0.15) is 0 Å². The van der Waals surface area contributed by atoms with Crippen molar-refractivity contribution in [3.05, 3.63) is 30.0 Å². The van der Waals surface area contributed by atoms with E-state index in [4.69, 9.17) is 4.74 Å². The number of hydrogen-bond acceptors (Lipinski definition) is 3. The zero-order valence-corrected chi connectivity index (χ0v) is 9.33. The van der Waals surface area contributed by atoms with Crippen LogP contribution in [0.15, 0.2) is 24.3 Å². The molecule has 0 amide bonds. The molecule has 16 heavy (non-hydrogen) atoms. The lowest BCUT2D eigenvalue weighted by Crippen LogP contribution is -2.04. The average molecular weight is 218 g/mol. The van der Waals surface area contributed by atoms with E-state index in [0.29, 0.717) is 12.3 Å². The summed E-state index contributed by atoms with van der Waals surface area (Å²) in [6.45, 7) is 2.17. The van der Waals surface area contributed by atoms with Gasteiger partial charge in [0.25, 0.3) is 0 Å². The second kappa shape index (κ2) is 4.26. The zero-order chi connectivity index (χ0) is 11.5. The maximum atomic E-state index is 11.5. The zero-order valence-electron chi connectivity index (χ0n) is 9.33. The normalized spacial score (nSPS) is 10.4. The number of benzene rings is 1. The number of hydrogen-bond donors (Lipinski definition) is 2. The van der Waals surface area contributed by atoms with E-state index in [1.165, 1.54) is 0 Å². The van der Waals surface area contributed by atoms with Crippen LogP contribution in [0.25, 0.3) is 10.9 Å². The molecule has 0 bridgehead atoms. The van der Waals surface area contributed by atoms with E-state index in [-0.39, 0.29) is 5.97 Å². The van der Waals surface area contributed by atoms with Gasteiger partial charge in [-0.05, 0) is 19.1 Å². The average Bonchev–Trinajstić information content (AvgIpc) is 2.72. The molecule has 0 atom stereocenters. The Balaban J connectivity index is 2.47. The molecule has 0 aliphatic carbocycles. The van der Waals surface area contributed by atoms with Crippen LogP contribution in [0.2, 0.25) is 0 Å². The van der Waals surface area contributed by atoms with Gasteiger partial charge >= 0.3 is 5.97 Å². The third-order valence-corrected chi connectivity index (χ3v) is 2.42. The molecule has 1 aromatic carbocycles.